The zero-order valence-electron chi connectivity index (χ0n) is 27.1. The van der Waals surface area contributed by atoms with E-state index < -0.39 is 46.0 Å². The SMILES string of the molecule is C=C(/C=C/c1c(F)c(F)c(F)c(F)c1F)[C@@H]1CC[C@]2(C(=O)O)CC[C@]3(C)[C@H](CC[C@@H]4[C@@]5(C)CC[C@H](O)C(C)(C)[C@@H]5CC[C@]43C)[C@@H]12. The van der Waals surface area contributed by atoms with Gasteiger partial charge in [0.05, 0.1) is 17.1 Å². The van der Waals surface area contributed by atoms with Crippen molar-refractivity contribution in [3.8, 4) is 0 Å². The van der Waals surface area contributed by atoms with Gasteiger partial charge in [-0.15, -0.1) is 0 Å². The molecule has 0 saturated heterocycles. The minimum absolute atomic E-state index is 0.0378. The van der Waals surface area contributed by atoms with E-state index in [0.717, 1.165) is 51.0 Å². The van der Waals surface area contributed by atoms with E-state index in [0.29, 0.717) is 36.7 Å². The summed E-state index contributed by atoms with van der Waals surface area (Å²) in [6.45, 7) is 15.9. The second kappa shape index (κ2) is 10.4. The molecule has 0 aromatic heterocycles. The fourth-order valence-corrected chi connectivity index (χ4v) is 12.4. The van der Waals surface area contributed by atoms with Crippen molar-refractivity contribution in [1.29, 1.82) is 0 Å². The molecule has 5 fully saturated rings. The molecule has 248 valence electrons. The van der Waals surface area contributed by atoms with E-state index in [1.54, 1.807) is 0 Å². The van der Waals surface area contributed by atoms with Crippen LogP contribution < -0.4 is 0 Å². The highest BCUT2D eigenvalue weighted by atomic mass is 19.2. The zero-order valence-corrected chi connectivity index (χ0v) is 27.1. The van der Waals surface area contributed by atoms with Crippen LogP contribution in [0.15, 0.2) is 18.2 Å². The summed E-state index contributed by atoms with van der Waals surface area (Å²) in [4.78, 5) is 13.1. The number of rotatable bonds is 4. The van der Waals surface area contributed by atoms with Gasteiger partial charge in [0.1, 0.15) is 0 Å². The van der Waals surface area contributed by atoms with Crippen molar-refractivity contribution in [2.75, 3.05) is 0 Å². The Balaban J connectivity index is 1.36. The van der Waals surface area contributed by atoms with Gasteiger partial charge < -0.3 is 10.2 Å². The lowest BCUT2D eigenvalue weighted by atomic mass is 9.32. The molecule has 8 heteroatoms. The Morgan fingerprint density at radius 1 is 0.756 bits per heavy atom. The lowest BCUT2D eigenvalue weighted by molar-refractivity contribution is -0.248. The van der Waals surface area contributed by atoms with Crippen molar-refractivity contribution in [2.45, 2.75) is 105 Å². The molecule has 0 radical (unpaired) electrons. The summed E-state index contributed by atoms with van der Waals surface area (Å²) >= 11 is 0. The van der Waals surface area contributed by atoms with E-state index in [1.165, 1.54) is 6.08 Å². The summed E-state index contributed by atoms with van der Waals surface area (Å²) < 4.78 is 70.3. The van der Waals surface area contributed by atoms with Gasteiger partial charge >= 0.3 is 5.97 Å². The number of benzene rings is 1. The van der Waals surface area contributed by atoms with E-state index in [4.69, 9.17) is 0 Å². The number of aliphatic hydroxyl groups excluding tert-OH is 1. The Hall–Kier alpha value is -2.22. The van der Waals surface area contributed by atoms with Crippen LogP contribution in [0, 0.1) is 85.8 Å². The van der Waals surface area contributed by atoms with Gasteiger partial charge in [-0.3, -0.25) is 4.79 Å². The highest BCUT2D eigenvalue weighted by molar-refractivity contribution is 5.76. The van der Waals surface area contributed by atoms with E-state index in [2.05, 4.69) is 41.2 Å². The third-order valence-corrected chi connectivity index (χ3v) is 15.0. The molecule has 0 bridgehead atoms. The largest absolute Gasteiger partial charge is 0.481 e. The van der Waals surface area contributed by atoms with Gasteiger partial charge in [-0.2, -0.15) is 0 Å². The van der Waals surface area contributed by atoms with Crippen molar-refractivity contribution in [3.63, 3.8) is 0 Å². The quantitative estimate of drug-likeness (QED) is 0.150. The van der Waals surface area contributed by atoms with Crippen LogP contribution in [0.4, 0.5) is 22.0 Å². The highest BCUT2D eigenvalue weighted by Crippen LogP contribution is 2.77. The standard InChI is InChI=1S/C37H47F5O3/c1-19(7-8-21-27(38)29(40)31(42)30(41)28(21)39)20-11-16-37(32(44)45)18-17-35(5)22(26(20)37)9-10-24-34(4)14-13-25(43)33(2,3)23(34)12-15-36(24,35)6/h7-8,20,22-26,43H,1,9-18H2,2-6H3,(H,44,45)/b8-7+/t20-,22+,23-,24+,25-,26+,34-,35+,36+,37-/m0/s1. The molecule has 0 amide bonds. The number of allylic oxidation sites excluding steroid dienone is 2. The molecule has 0 heterocycles. The van der Waals surface area contributed by atoms with Gasteiger partial charge in [-0.25, -0.2) is 22.0 Å². The lowest BCUT2D eigenvalue weighted by Gasteiger charge is -2.72. The van der Waals surface area contributed by atoms with E-state index in [1.807, 2.05) is 0 Å². The first-order valence-corrected chi connectivity index (χ1v) is 16.7. The topological polar surface area (TPSA) is 57.5 Å². The van der Waals surface area contributed by atoms with Crippen molar-refractivity contribution in [2.24, 2.45) is 56.7 Å². The molecule has 3 nitrogen and oxygen atoms in total. The van der Waals surface area contributed by atoms with Crippen LogP contribution in [-0.4, -0.2) is 22.3 Å². The van der Waals surface area contributed by atoms with Crippen molar-refractivity contribution in [1.82, 2.24) is 0 Å². The summed E-state index contributed by atoms with van der Waals surface area (Å²) in [6.07, 6.45) is 9.88. The van der Waals surface area contributed by atoms with E-state index in [-0.39, 0.29) is 45.5 Å². The molecule has 0 spiro atoms. The fraction of sp³-hybridized carbons (Fsp3) is 0.703. The van der Waals surface area contributed by atoms with Gasteiger partial charge in [0.2, 0.25) is 5.82 Å². The molecular weight excluding hydrogens is 587 g/mol. The monoisotopic (exact) mass is 634 g/mol. The summed E-state index contributed by atoms with van der Waals surface area (Å²) in [5, 5.41) is 21.7. The van der Waals surface area contributed by atoms with Gasteiger partial charge in [-0.1, -0.05) is 52.8 Å². The molecular formula is C37H47F5O3. The Morgan fingerprint density at radius 2 is 1.38 bits per heavy atom. The second-order valence-corrected chi connectivity index (χ2v) is 16.6. The maximum absolute atomic E-state index is 14.5. The summed E-state index contributed by atoms with van der Waals surface area (Å²) in [6, 6.07) is 0. The normalized spacial score (nSPS) is 43.7. The number of carboxylic acids is 1. The van der Waals surface area contributed by atoms with Crippen LogP contribution >= 0.6 is 0 Å². The maximum atomic E-state index is 14.5. The van der Waals surface area contributed by atoms with Crippen LogP contribution in [0.1, 0.15) is 104 Å². The number of carboxylic acid groups (broad SMARTS) is 1. The van der Waals surface area contributed by atoms with Gasteiger partial charge in [0, 0.05) is 0 Å². The van der Waals surface area contributed by atoms with E-state index in [9.17, 15) is 37.0 Å². The molecule has 0 aliphatic heterocycles. The Morgan fingerprint density at radius 3 is 2.00 bits per heavy atom. The van der Waals surface area contributed by atoms with Crippen LogP contribution in [0.3, 0.4) is 0 Å². The third kappa shape index (κ3) is 4.18. The van der Waals surface area contributed by atoms with Crippen LogP contribution in [-0.2, 0) is 4.79 Å². The first-order chi connectivity index (χ1) is 20.9. The Labute approximate surface area is 263 Å². The molecule has 6 rings (SSSR count). The number of aliphatic carboxylic acids is 1. The Bertz CT molecular complexity index is 1440. The first-order valence-electron chi connectivity index (χ1n) is 16.7. The van der Waals surface area contributed by atoms with Crippen molar-refractivity contribution >= 4 is 12.0 Å². The lowest BCUT2D eigenvalue weighted by Crippen LogP contribution is -2.67. The molecule has 45 heavy (non-hydrogen) atoms. The van der Waals surface area contributed by atoms with E-state index >= 15 is 0 Å². The third-order valence-electron chi connectivity index (χ3n) is 15.0. The number of aliphatic hydroxyl groups is 1. The average molecular weight is 635 g/mol. The highest BCUT2D eigenvalue weighted by Gasteiger charge is 2.72. The number of halogens is 5. The predicted molar refractivity (Wildman–Crippen MR) is 162 cm³/mol. The number of hydrogen-bond donors (Lipinski definition) is 2. The molecule has 2 N–H and O–H groups in total. The number of hydrogen-bond acceptors (Lipinski definition) is 2. The predicted octanol–water partition coefficient (Wildman–Crippen LogP) is 9.48. The minimum atomic E-state index is -2.20. The molecule has 5 aliphatic rings. The molecule has 1 aromatic rings. The smallest absolute Gasteiger partial charge is 0.309 e. The van der Waals surface area contributed by atoms with Gasteiger partial charge in [0.15, 0.2) is 23.3 Å². The van der Waals surface area contributed by atoms with Crippen LogP contribution in [0.25, 0.3) is 6.08 Å². The first kappa shape index (κ1) is 32.7. The molecule has 10 atom stereocenters. The zero-order chi connectivity index (χ0) is 33.1. The summed E-state index contributed by atoms with van der Waals surface area (Å²) in [7, 11) is 0. The molecule has 5 saturated carbocycles. The molecule has 1 aromatic carbocycles. The Kier molecular flexibility index (Phi) is 7.55. The average Bonchev–Trinajstić information content (AvgIpc) is 3.39. The minimum Gasteiger partial charge on any atom is -0.481 e. The summed E-state index contributed by atoms with van der Waals surface area (Å²) in [5.41, 5.74) is -1.81. The number of fused-ring (bicyclic) bond motifs is 7. The number of carbonyl (C=O) groups is 1. The van der Waals surface area contributed by atoms with Gasteiger partial charge in [0.25, 0.3) is 0 Å². The fourth-order valence-electron chi connectivity index (χ4n) is 12.4. The van der Waals surface area contributed by atoms with Gasteiger partial charge in [-0.05, 0) is 122 Å². The van der Waals surface area contributed by atoms with Crippen molar-refractivity contribution in [3.05, 3.63) is 52.9 Å². The molecule has 0 unspecified atom stereocenters. The maximum Gasteiger partial charge on any atom is 0.309 e. The molecule has 5 aliphatic carbocycles. The van der Waals surface area contributed by atoms with Crippen LogP contribution in [0.5, 0.6) is 0 Å². The second-order valence-electron chi connectivity index (χ2n) is 16.6. The van der Waals surface area contributed by atoms with Crippen molar-refractivity contribution < 1.29 is 37.0 Å². The van der Waals surface area contributed by atoms with Crippen LogP contribution in [0.2, 0.25) is 0 Å². The summed E-state index contributed by atoms with van der Waals surface area (Å²) in [5.74, 6) is -10.5.